The lowest BCUT2D eigenvalue weighted by Crippen LogP contribution is -2.40. The highest BCUT2D eigenvalue weighted by Gasteiger charge is 2.27. The lowest BCUT2D eigenvalue weighted by molar-refractivity contribution is -0.127. The molecule has 1 atom stereocenters. The van der Waals surface area contributed by atoms with Gasteiger partial charge in [0.15, 0.2) is 5.78 Å². The second kappa shape index (κ2) is 4.99. The number of fused-ring (bicyclic) bond motifs is 1. The standard InChI is InChI=1S/C15H19ClN2O/c1-15(2,3)14(19)12(17)6-9-8-18-13-5-4-10(16)7-11(9)13/h4-5,7-8,12,18H,6,17H2,1-3H3. The molecule has 0 saturated heterocycles. The maximum atomic E-state index is 12.1. The van der Waals surface area contributed by atoms with E-state index in [0.717, 1.165) is 16.5 Å². The molecule has 0 spiro atoms. The van der Waals surface area contributed by atoms with Crippen LogP contribution in [-0.2, 0) is 11.2 Å². The van der Waals surface area contributed by atoms with Gasteiger partial charge in [0.1, 0.15) is 0 Å². The van der Waals surface area contributed by atoms with E-state index in [-0.39, 0.29) is 5.78 Å². The molecule has 0 bridgehead atoms. The Kier molecular flexibility index (Phi) is 3.70. The molecule has 2 aromatic rings. The van der Waals surface area contributed by atoms with Crippen LogP contribution < -0.4 is 5.73 Å². The van der Waals surface area contributed by atoms with Crippen molar-refractivity contribution in [2.75, 3.05) is 0 Å². The first kappa shape index (κ1) is 14.1. The van der Waals surface area contributed by atoms with E-state index in [2.05, 4.69) is 4.98 Å². The van der Waals surface area contributed by atoms with Gasteiger partial charge in [0.2, 0.25) is 0 Å². The third kappa shape index (κ3) is 2.99. The van der Waals surface area contributed by atoms with Gasteiger partial charge >= 0.3 is 0 Å². The molecule has 0 saturated carbocycles. The van der Waals surface area contributed by atoms with Crippen molar-refractivity contribution < 1.29 is 4.79 Å². The summed E-state index contributed by atoms with van der Waals surface area (Å²) in [6.07, 6.45) is 2.42. The summed E-state index contributed by atoms with van der Waals surface area (Å²) >= 11 is 6.01. The van der Waals surface area contributed by atoms with Crippen molar-refractivity contribution in [3.05, 3.63) is 35.0 Å². The number of aromatic amines is 1. The highest BCUT2D eigenvalue weighted by molar-refractivity contribution is 6.31. The summed E-state index contributed by atoms with van der Waals surface area (Å²) in [5, 5.41) is 1.72. The fraction of sp³-hybridized carbons (Fsp3) is 0.400. The first-order valence-corrected chi connectivity index (χ1v) is 6.72. The summed E-state index contributed by atoms with van der Waals surface area (Å²) in [7, 11) is 0. The average molecular weight is 279 g/mol. The quantitative estimate of drug-likeness (QED) is 0.905. The Morgan fingerprint density at radius 1 is 1.42 bits per heavy atom. The van der Waals surface area contributed by atoms with Gasteiger partial charge in [0.25, 0.3) is 0 Å². The number of halogens is 1. The lowest BCUT2D eigenvalue weighted by atomic mass is 9.84. The van der Waals surface area contributed by atoms with Gasteiger partial charge in [-0.05, 0) is 30.2 Å². The largest absolute Gasteiger partial charge is 0.361 e. The molecule has 1 aromatic carbocycles. The van der Waals surface area contributed by atoms with E-state index in [1.807, 2.05) is 45.2 Å². The lowest BCUT2D eigenvalue weighted by Gasteiger charge is -2.21. The minimum Gasteiger partial charge on any atom is -0.361 e. The maximum absolute atomic E-state index is 12.1. The van der Waals surface area contributed by atoms with Crippen molar-refractivity contribution >= 4 is 28.3 Å². The number of nitrogens with two attached hydrogens (primary N) is 1. The zero-order valence-electron chi connectivity index (χ0n) is 11.5. The molecule has 0 fully saturated rings. The number of H-pyrrole nitrogens is 1. The Morgan fingerprint density at radius 3 is 2.74 bits per heavy atom. The van der Waals surface area contributed by atoms with E-state index in [1.54, 1.807) is 0 Å². The number of carbonyl (C=O) groups excluding carboxylic acids is 1. The zero-order chi connectivity index (χ0) is 14.2. The van der Waals surface area contributed by atoms with Crippen LogP contribution in [0.1, 0.15) is 26.3 Å². The molecule has 0 aliphatic heterocycles. The van der Waals surface area contributed by atoms with E-state index in [9.17, 15) is 4.79 Å². The predicted octanol–water partition coefficient (Wildman–Crippen LogP) is 3.31. The van der Waals surface area contributed by atoms with Gasteiger partial charge in [-0.2, -0.15) is 0 Å². The van der Waals surface area contributed by atoms with Gasteiger partial charge in [-0.1, -0.05) is 32.4 Å². The summed E-state index contributed by atoms with van der Waals surface area (Å²) in [4.78, 5) is 15.3. The minimum absolute atomic E-state index is 0.0730. The number of carbonyl (C=O) groups is 1. The van der Waals surface area contributed by atoms with Crippen LogP contribution in [0.25, 0.3) is 10.9 Å². The van der Waals surface area contributed by atoms with Crippen molar-refractivity contribution in [1.29, 1.82) is 0 Å². The third-order valence-corrected chi connectivity index (χ3v) is 3.48. The van der Waals surface area contributed by atoms with E-state index >= 15 is 0 Å². The van der Waals surface area contributed by atoms with Crippen LogP contribution in [0.5, 0.6) is 0 Å². The number of benzene rings is 1. The molecule has 1 aromatic heterocycles. The molecule has 3 nitrogen and oxygen atoms in total. The van der Waals surface area contributed by atoms with Crippen molar-refractivity contribution in [3.8, 4) is 0 Å². The van der Waals surface area contributed by atoms with Crippen molar-refractivity contribution in [1.82, 2.24) is 4.98 Å². The Morgan fingerprint density at radius 2 is 2.11 bits per heavy atom. The Labute approximate surface area is 118 Å². The Hall–Kier alpha value is -1.32. The van der Waals surface area contributed by atoms with Crippen LogP contribution in [0.2, 0.25) is 5.02 Å². The molecular weight excluding hydrogens is 260 g/mol. The van der Waals surface area contributed by atoms with E-state index < -0.39 is 11.5 Å². The molecule has 2 rings (SSSR count). The number of hydrogen-bond donors (Lipinski definition) is 2. The molecule has 102 valence electrons. The molecule has 0 radical (unpaired) electrons. The smallest absolute Gasteiger partial charge is 0.155 e. The molecule has 19 heavy (non-hydrogen) atoms. The van der Waals surface area contributed by atoms with Gasteiger partial charge in [-0.3, -0.25) is 4.79 Å². The average Bonchev–Trinajstić information content (AvgIpc) is 2.69. The molecule has 0 aliphatic rings. The third-order valence-electron chi connectivity index (χ3n) is 3.25. The Balaban J connectivity index is 2.27. The highest BCUT2D eigenvalue weighted by atomic mass is 35.5. The zero-order valence-corrected chi connectivity index (χ0v) is 12.2. The van der Waals surface area contributed by atoms with Crippen LogP contribution in [-0.4, -0.2) is 16.8 Å². The first-order valence-electron chi connectivity index (χ1n) is 6.34. The van der Waals surface area contributed by atoms with E-state index in [4.69, 9.17) is 17.3 Å². The van der Waals surface area contributed by atoms with Gasteiger partial charge in [-0.15, -0.1) is 0 Å². The van der Waals surface area contributed by atoms with E-state index in [0.29, 0.717) is 11.4 Å². The van der Waals surface area contributed by atoms with Crippen LogP contribution in [0, 0.1) is 5.41 Å². The molecular formula is C15H19ClN2O. The second-order valence-electron chi connectivity index (χ2n) is 5.93. The Bertz CT molecular complexity index is 610. The van der Waals surface area contributed by atoms with Crippen LogP contribution in [0.3, 0.4) is 0 Å². The van der Waals surface area contributed by atoms with Crippen LogP contribution in [0.4, 0.5) is 0 Å². The normalized spacial score (nSPS) is 13.7. The van der Waals surface area contributed by atoms with Gasteiger partial charge in [0.05, 0.1) is 6.04 Å². The molecule has 1 unspecified atom stereocenters. The minimum atomic E-state index is -0.488. The monoisotopic (exact) mass is 278 g/mol. The number of nitrogens with one attached hydrogen (secondary N) is 1. The SMILES string of the molecule is CC(C)(C)C(=O)C(N)Cc1c[nH]c2ccc(Cl)cc12. The van der Waals surface area contributed by atoms with E-state index in [1.165, 1.54) is 0 Å². The number of Topliss-reactive ketones (excluding diaryl/α,β-unsaturated/α-hetero) is 1. The summed E-state index contributed by atoms with van der Waals surface area (Å²) in [6.45, 7) is 5.67. The molecule has 3 N–H and O–H groups in total. The molecule has 0 amide bonds. The fourth-order valence-electron chi connectivity index (χ4n) is 2.21. The summed E-state index contributed by atoms with van der Waals surface area (Å²) in [5.74, 6) is 0.0730. The van der Waals surface area contributed by atoms with Crippen molar-refractivity contribution in [2.24, 2.45) is 11.1 Å². The first-order chi connectivity index (χ1) is 8.79. The summed E-state index contributed by atoms with van der Waals surface area (Å²) < 4.78 is 0. The molecule has 0 aliphatic carbocycles. The topological polar surface area (TPSA) is 58.9 Å². The highest BCUT2D eigenvalue weighted by Crippen LogP contribution is 2.24. The van der Waals surface area contributed by atoms with Crippen molar-refractivity contribution in [2.45, 2.75) is 33.2 Å². The molecule has 4 heteroatoms. The van der Waals surface area contributed by atoms with Gasteiger partial charge in [-0.25, -0.2) is 0 Å². The number of hydrogen-bond acceptors (Lipinski definition) is 2. The van der Waals surface area contributed by atoms with Crippen LogP contribution in [0.15, 0.2) is 24.4 Å². The van der Waals surface area contributed by atoms with Gasteiger partial charge < -0.3 is 10.7 Å². The van der Waals surface area contributed by atoms with Crippen LogP contribution >= 0.6 is 11.6 Å². The maximum Gasteiger partial charge on any atom is 0.155 e. The van der Waals surface area contributed by atoms with Gasteiger partial charge in [0, 0.05) is 27.5 Å². The van der Waals surface area contributed by atoms with Crippen molar-refractivity contribution in [3.63, 3.8) is 0 Å². The predicted molar refractivity (Wildman–Crippen MR) is 79.5 cm³/mol. The fourth-order valence-corrected chi connectivity index (χ4v) is 2.38. The summed E-state index contributed by atoms with van der Waals surface area (Å²) in [5.41, 5.74) is 7.65. The number of ketones is 1. The summed E-state index contributed by atoms with van der Waals surface area (Å²) in [6, 6.07) is 5.18. The molecule has 1 heterocycles. The number of aromatic nitrogens is 1. The number of rotatable bonds is 3. The second-order valence-corrected chi connectivity index (χ2v) is 6.37.